The Hall–Kier alpha value is -4.46. The molecule has 0 spiro atoms. The van der Waals surface area contributed by atoms with Gasteiger partial charge < -0.3 is 14.2 Å². The van der Waals surface area contributed by atoms with Crippen molar-refractivity contribution in [3.8, 4) is 23.0 Å². The number of pyridine rings is 2. The van der Waals surface area contributed by atoms with E-state index >= 15 is 4.39 Å². The van der Waals surface area contributed by atoms with Gasteiger partial charge in [0.25, 0.3) is 5.91 Å². The third-order valence-electron chi connectivity index (χ3n) is 6.02. The highest BCUT2D eigenvalue weighted by Crippen LogP contribution is 2.41. The van der Waals surface area contributed by atoms with E-state index in [1.54, 1.807) is 18.2 Å². The van der Waals surface area contributed by atoms with Crippen molar-refractivity contribution in [2.24, 2.45) is 0 Å². The number of aromatic nitrogens is 2. The van der Waals surface area contributed by atoms with Crippen LogP contribution in [0.2, 0.25) is 0 Å². The largest absolute Gasteiger partial charge is 0.493 e. The highest BCUT2D eigenvalue weighted by Gasteiger charge is 2.41. The number of alkyl halides is 3. The van der Waals surface area contributed by atoms with Crippen molar-refractivity contribution in [3.63, 3.8) is 0 Å². The lowest BCUT2D eigenvalue weighted by Gasteiger charge is -2.19. The smallest absolute Gasteiger partial charge is 0.417 e. The Balaban J connectivity index is 1.46. The van der Waals surface area contributed by atoms with Gasteiger partial charge in [0.05, 0.1) is 47.3 Å². The molecule has 2 aromatic heterocycles. The van der Waals surface area contributed by atoms with Crippen LogP contribution in [0.25, 0.3) is 10.9 Å². The summed E-state index contributed by atoms with van der Waals surface area (Å²) in [5.41, 5.74) is -1.26. The minimum absolute atomic E-state index is 0.0153. The molecule has 3 amide bonds. The number of carbonyl (C=O) groups is 2. The van der Waals surface area contributed by atoms with Gasteiger partial charge in [-0.1, -0.05) is 0 Å². The van der Waals surface area contributed by atoms with Crippen molar-refractivity contribution in [2.45, 2.75) is 6.18 Å². The average molecular weight is 621 g/mol. The molecule has 4 aromatic rings. The number of imide groups is 1. The second-order valence-corrected chi connectivity index (χ2v) is 9.17. The first-order chi connectivity index (χ1) is 19.0. The topological polar surface area (TPSA) is 94.1 Å². The Morgan fingerprint density at radius 3 is 2.38 bits per heavy atom. The van der Waals surface area contributed by atoms with Crippen molar-refractivity contribution < 1.29 is 41.4 Å². The second-order valence-electron chi connectivity index (χ2n) is 8.37. The number of amides is 3. The minimum atomic E-state index is -4.71. The van der Waals surface area contributed by atoms with Crippen LogP contribution in [0.1, 0.15) is 5.56 Å². The molecule has 0 aliphatic carbocycles. The molecule has 1 aliphatic rings. The highest BCUT2D eigenvalue weighted by atomic mass is 79.9. The fourth-order valence-corrected chi connectivity index (χ4v) is 4.51. The van der Waals surface area contributed by atoms with Crippen molar-refractivity contribution in [2.75, 3.05) is 30.6 Å². The van der Waals surface area contributed by atoms with E-state index in [1.807, 2.05) is 0 Å². The molecular formula is C26H17BrF4N4O5. The summed E-state index contributed by atoms with van der Waals surface area (Å²) in [6.07, 6.45) is -1.62. The summed E-state index contributed by atoms with van der Waals surface area (Å²) < 4.78 is 71.3. The molecule has 14 heteroatoms. The molecule has 5 rings (SSSR count). The lowest BCUT2D eigenvalue weighted by Crippen LogP contribution is -2.33. The molecule has 0 saturated carbocycles. The van der Waals surface area contributed by atoms with Crippen LogP contribution in [0.4, 0.5) is 33.7 Å². The van der Waals surface area contributed by atoms with Gasteiger partial charge >= 0.3 is 12.2 Å². The molecule has 0 radical (unpaired) electrons. The summed E-state index contributed by atoms with van der Waals surface area (Å²) in [5.74, 6) is -0.660. The molecule has 206 valence electrons. The van der Waals surface area contributed by atoms with Crippen LogP contribution < -0.4 is 24.0 Å². The summed E-state index contributed by atoms with van der Waals surface area (Å²) in [5, 5.41) is 0.534. The number of rotatable bonds is 6. The molecule has 0 bridgehead atoms. The van der Waals surface area contributed by atoms with Crippen LogP contribution in [0.5, 0.6) is 23.0 Å². The average Bonchev–Trinajstić information content (AvgIpc) is 3.23. The normalized spacial score (nSPS) is 13.8. The van der Waals surface area contributed by atoms with Crippen LogP contribution in [0.3, 0.4) is 0 Å². The fraction of sp³-hybridized carbons (Fsp3) is 0.154. The lowest BCUT2D eigenvalue weighted by atomic mass is 10.1. The number of fused-ring (bicyclic) bond motifs is 1. The molecular weight excluding hydrogens is 604 g/mol. The fourth-order valence-electron chi connectivity index (χ4n) is 4.10. The lowest BCUT2D eigenvalue weighted by molar-refractivity contribution is -0.137. The summed E-state index contributed by atoms with van der Waals surface area (Å²) in [4.78, 5) is 34.9. The Morgan fingerprint density at radius 2 is 1.68 bits per heavy atom. The number of halogens is 5. The molecule has 1 aliphatic heterocycles. The standard InChI is InChI=1S/C26H17BrF4N4O5/c1-38-20-8-15-16(9-21(20)39-2)33-6-5-18(15)40-19-4-3-17(24(28)23(19)27)35-22(36)12-34(25(35)37)14-7-13(10-32-11-14)26(29,30)31/h3-11H,12H2,1-2H3. The summed E-state index contributed by atoms with van der Waals surface area (Å²) in [7, 11) is 2.95. The second kappa shape index (κ2) is 10.3. The minimum Gasteiger partial charge on any atom is -0.493 e. The molecule has 2 aromatic carbocycles. The van der Waals surface area contributed by atoms with E-state index in [0.29, 0.717) is 45.3 Å². The summed E-state index contributed by atoms with van der Waals surface area (Å²) in [6, 6.07) is 7.00. The maximum absolute atomic E-state index is 15.5. The Morgan fingerprint density at radius 1 is 0.950 bits per heavy atom. The van der Waals surface area contributed by atoms with Gasteiger partial charge in [-0.3, -0.25) is 19.7 Å². The van der Waals surface area contributed by atoms with E-state index in [2.05, 4.69) is 25.9 Å². The number of ether oxygens (including phenoxy) is 3. The Kier molecular flexibility index (Phi) is 6.96. The SMILES string of the molecule is COc1cc2nccc(Oc3ccc(N4C(=O)CN(c5cncc(C(F)(F)F)c5)C4=O)c(F)c3Br)c2cc1OC. The molecule has 40 heavy (non-hydrogen) atoms. The van der Waals surface area contributed by atoms with E-state index in [4.69, 9.17) is 14.2 Å². The highest BCUT2D eigenvalue weighted by molar-refractivity contribution is 9.10. The van der Waals surface area contributed by atoms with E-state index in [1.165, 1.54) is 26.5 Å². The van der Waals surface area contributed by atoms with E-state index in [-0.39, 0.29) is 15.9 Å². The predicted molar refractivity (Wildman–Crippen MR) is 138 cm³/mol. The molecule has 0 N–H and O–H groups in total. The molecule has 9 nitrogen and oxygen atoms in total. The zero-order valence-electron chi connectivity index (χ0n) is 20.6. The molecule has 0 atom stereocenters. The van der Waals surface area contributed by atoms with E-state index in [9.17, 15) is 22.8 Å². The van der Waals surface area contributed by atoms with E-state index in [0.717, 1.165) is 17.2 Å². The van der Waals surface area contributed by atoms with Crippen molar-refractivity contribution in [3.05, 3.63) is 70.8 Å². The van der Waals surface area contributed by atoms with Gasteiger partial charge in [0, 0.05) is 23.8 Å². The first-order valence-corrected chi connectivity index (χ1v) is 12.2. The van der Waals surface area contributed by atoms with Gasteiger partial charge in [0.2, 0.25) is 0 Å². The van der Waals surface area contributed by atoms with Crippen molar-refractivity contribution in [1.29, 1.82) is 0 Å². The molecule has 3 heterocycles. The Bertz CT molecular complexity index is 1670. The van der Waals surface area contributed by atoms with Crippen molar-refractivity contribution in [1.82, 2.24) is 9.97 Å². The van der Waals surface area contributed by atoms with Crippen molar-refractivity contribution >= 4 is 50.1 Å². The van der Waals surface area contributed by atoms with Crippen LogP contribution in [0.15, 0.2) is 59.5 Å². The zero-order valence-corrected chi connectivity index (χ0v) is 22.2. The third kappa shape index (κ3) is 4.74. The number of hydrogen-bond donors (Lipinski definition) is 0. The van der Waals surface area contributed by atoms with Crippen LogP contribution in [-0.2, 0) is 11.0 Å². The molecule has 0 unspecified atom stereocenters. The van der Waals surface area contributed by atoms with Gasteiger partial charge in [-0.05, 0) is 46.3 Å². The maximum Gasteiger partial charge on any atom is 0.417 e. The number of hydrogen-bond acceptors (Lipinski definition) is 7. The van der Waals surface area contributed by atoms with Gasteiger partial charge in [-0.15, -0.1) is 0 Å². The number of anilines is 2. The molecule has 1 saturated heterocycles. The Labute approximate surface area is 232 Å². The summed E-state index contributed by atoms with van der Waals surface area (Å²) in [6.45, 7) is -0.606. The number of carbonyl (C=O) groups excluding carboxylic acids is 2. The van der Waals surface area contributed by atoms with Gasteiger partial charge in [0.1, 0.15) is 18.0 Å². The third-order valence-corrected chi connectivity index (χ3v) is 6.76. The van der Waals surface area contributed by atoms with E-state index < -0.39 is 41.7 Å². The number of urea groups is 1. The monoisotopic (exact) mass is 620 g/mol. The quantitative estimate of drug-likeness (QED) is 0.184. The van der Waals surface area contributed by atoms with Crippen LogP contribution in [0, 0.1) is 5.82 Å². The van der Waals surface area contributed by atoms with Crippen LogP contribution in [-0.4, -0.2) is 42.7 Å². The number of benzene rings is 2. The first kappa shape index (κ1) is 27.1. The first-order valence-electron chi connectivity index (χ1n) is 11.4. The van der Waals surface area contributed by atoms with Gasteiger partial charge in [-0.25, -0.2) is 14.1 Å². The number of nitrogens with zero attached hydrogens (tertiary/aromatic N) is 4. The predicted octanol–water partition coefficient (Wildman–Crippen LogP) is 6.33. The van der Waals surface area contributed by atoms with Gasteiger partial charge in [0.15, 0.2) is 17.3 Å². The zero-order chi connectivity index (χ0) is 28.8. The maximum atomic E-state index is 15.5. The summed E-state index contributed by atoms with van der Waals surface area (Å²) >= 11 is 3.12. The van der Waals surface area contributed by atoms with Gasteiger partial charge in [-0.2, -0.15) is 13.2 Å². The molecule has 1 fully saturated rings. The van der Waals surface area contributed by atoms with Crippen LogP contribution >= 0.6 is 15.9 Å². The number of methoxy groups -OCH3 is 2.